The van der Waals surface area contributed by atoms with Crippen molar-refractivity contribution < 1.29 is 4.79 Å². The molecule has 1 aromatic carbocycles. The number of nitriles is 1. The number of hydrogen-bond donors (Lipinski definition) is 1. The van der Waals surface area contributed by atoms with Crippen molar-refractivity contribution in [1.82, 2.24) is 9.78 Å². The van der Waals surface area contributed by atoms with Crippen LogP contribution in [-0.2, 0) is 11.8 Å². The number of benzene rings is 1. The number of aromatic nitrogens is 2. The highest BCUT2D eigenvalue weighted by molar-refractivity contribution is 9.10. The molecule has 160 valence electrons. The Kier molecular flexibility index (Phi) is 5.09. The van der Waals surface area contributed by atoms with Crippen LogP contribution in [0.25, 0.3) is 0 Å². The Morgan fingerprint density at radius 1 is 1.29 bits per heavy atom. The second-order valence-electron chi connectivity index (χ2n) is 9.17. The van der Waals surface area contributed by atoms with E-state index < -0.39 is 5.92 Å². The number of halogens is 1. The highest BCUT2D eigenvalue weighted by atomic mass is 79.9. The van der Waals surface area contributed by atoms with Crippen LogP contribution in [0.4, 0.5) is 5.69 Å². The number of aryl methyl sites for hydroxylation is 2. The van der Waals surface area contributed by atoms with Crippen molar-refractivity contribution in [3.63, 3.8) is 0 Å². The molecule has 7 heteroatoms. The summed E-state index contributed by atoms with van der Waals surface area (Å²) in [4.78, 5) is 15.5. The Morgan fingerprint density at radius 2 is 2.00 bits per heavy atom. The third-order valence-electron chi connectivity index (χ3n) is 6.30. The number of anilines is 1. The number of ketones is 1. The van der Waals surface area contributed by atoms with E-state index in [1.807, 2.05) is 50.1 Å². The Morgan fingerprint density at radius 3 is 2.58 bits per heavy atom. The first-order valence-electron chi connectivity index (χ1n) is 10.3. The van der Waals surface area contributed by atoms with E-state index >= 15 is 0 Å². The molecule has 0 bridgehead atoms. The van der Waals surface area contributed by atoms with Gasteiger partial charge in [-0.15, -0.1) is 0 Å². The van der Waals surface area contributed by atoms with Crippen LogP contribution in [0.5, 0.6) is 0 Å². The molecule has 4 rings (SSSR count). The summed E-state index contributed by atoms with van der Waals surface area (Å²) in [6.45, 7) is 8.09. The van der Waals surface area contributed by atoms with Crippen LogP contribution in [0.15, 0.2) is 51.4 Å². The molecule has 1 atom stereocenters. The lowest BCUT2D eigenvalue weighted by molar-refractivity contribution is -0.118. The van der Waals surface area contributed by atoms with Gasteiger partial charge in [0, 0.05) is 46.2 Å². The first kappa shape index (κ1) is 21.4. The van der Waals surface area contributed by atoms with E-state index in [9.17, 15) is 10.1 Å². The molecule has 0 unspecified atom stereocenters. The predicted molar refractivity (Wildman–Crippen MR) is 124 cm³/mol. The molecular weight excluding hydrogens is 454 g/mol. The number of nitrogens with zero attached hydrogens (tertiary/aromatic N) is 4. The minimum Gasteiger partial charge on any atom is -0.384 e. The summed E-state index contributed by atoms with van der Waals surface area (Å²) in [6, 6.07) is 10.1. The molecule has 0 fully saturated rings. The fourth-order valence-electron chi connectivity index (χ4n) is 4.92. The van der Waals surface area contributed by atoms with E-state index in [-0.39, 0.29) is 11.2 Å². The van der Waals surface area contributed by atoms with Gasteiger partial charge in [-0.25, -0.2) is 0 Å². The van der Waals surface area contributed by atoms with Crippen LogP contribution >= 0.6 is 15.9 Å². The molecule has 2 aromatic rings. The van der Waals surface area contributed by atoms with Crippen LogP contribution in [0.2, 0.25) is 0 Å². The SMILES string of the molecule is Cc1nn(C)c(C)c1[C@H]1C(C#N)=C(N)N(c2cccc(Br)c2)C2=C1C(=O)CC(C)(C)C2. The Bertz CT molecular complexity index is 1210. The van der Waals surface area contributed by atoms with Gasteiger partial charge in [0.25, 0.3) is 0 Å². The van der Waals surface area contributed by atoms with Gasteiger partial charge in [-0.3, -0.25) is 14.4 Å². The number of hydrogen-bond acceptors (Lipinski definition) is 5. The summed E-state index contributed by atoms with van der Waals surface area (Å²) in [7, 11) is 1.88. The summed E-state index contributed by atoms with van der Waals surface area (Å²) in [5.41, 5.74) is 11.9. The molecule has 2 N–H and O–H groups in total. The lowest BCUT2D eigenvalue weighted by atomic mass is 9.68. The summed E-state index contributed by atoms with van der Waals surface area (Å²) in [5.74, 6) is -0.0580. The standard InChI is InChI=1S/C24H26BrN5O/c1-13-20(14(2)29(5)28-13)21-17(12-26)23(27)30(16-8-6-7-15(25)9-16)18-10-24(3,4)11-19(31)22(18)21/h6-9,21H,10-11,27H2,1-5H3/t21-/m1/s1. The molecule has 31 heavy (non-hydrogen) atoms. The average molecular weight is 480 g/mol. The molecule has 0 amide bonds. The fourth-order valence-corrected chi connectivity index (χ4v) is 5.30. The maximum absolute atomic E-state index is 13.6. The van der Waals surface area contributed by atoms with Crippen LogP contribution in [0, 0.1) is 30.6 Å². The molecule has 0 spiro atoms. The average Bonchev–Trinajstić information content (AvgIpc) is 2.91. The van der Waals surface area contributed by atoms with Crippen molar-refractivity contribution in [3.8, 4) is 6.07 Å². The van der Waals surface area contributed by atoms with Crippen molar-refractivity contribution >= 4 is 27.4 Å². The largest absolute Gasteiger partial charge is 0.384 e. The van der Waals surface area contributed by atoms with E-state index in [4.69, 9.17) is 5.73 Å². The molecule has 0 saturated carbocycles. The Labute approximate surface area is 191 Å². The van der Waals surface area contributed by atoms with Crippen molar-refractivity contribution in [2.75, 3.05) is 4.90 Å². The van der Waals surface area contributed by atoms with Gasteiger partial charge in [0.05, 0.1) is 23.3 Å². The number of allylic oxidation sites excluding steroid dienone is 3. The number of nitrogens with two attached hydrogens (primary N) is 1. The van der Waals surface area contributed by atoms with E-state index in [0.717, 1.165) is 32.8 Å². The minimum absolute atomic E-state index is 0.0687. The monoisotopic (exact) mass is 479 g/mol. The number of carbonyl (C=O) groups excluding carboxylic acids is 1. The van der Waals surface area contributed by atoms with Gasteiger partial charge in [-0.2, -0.15) is 10.4 Å². The first-order chi connectivity index (χ1) is 14.6. The maximum Gasteiger partial charge on any atom is 0.162 e. The summed E-state index contributed by atoms with van der Waals surface area (Å²) >= 11 is 3.53. The molecular formula is C24H26BrN5O. The third-order valence-corrected chi connectivity index (χ3v) is 6.79. The summed E-state index contributed by atoms with van der Waals surface area (Å²) < 4.78 is 2.70. The van der Waals surface area contributed by atoms with Gasteiger partial charge < -0.3 is 5.73 Å². The van der Waals surface area contributed by atoms with E-state index in [2.05, 4.69) is 40.9 Å². The second-order valence-corrected chi connectivity index (χ2v) is 10.1. The van der Waals surface area contributed by atoms with Gasteiger partial charge in [0.2, 0.25) is 0 Å². The second kappa shape index (κ2) is 7.38. The molecule has 1 aliphatic heterocycles. The van der Waals surface area contributed by atoms with E-state index in [0.29, 0.717) is 29.8 Å². The first-order valence-corrected chi connectivity index (χ1v) is 11.1. The van der Waals surface area contributed by atoms with E-state index in [1.165, 1.54) is 0 Å². The van der Waals surface area contributed by atoms with Crippen molar-refractivity contribution in [2.24, 2.45) is 18.2 Å². The van der Waals surface area contributed by atoms with Crippen LogP contribution < -0.4 is 10.6 Å². The fraction of sp³-hybridized carbons (Fsp3) is 0.375. The highest BCUT2D eigenvalue weighted by Gasteiger charge is 2.45. The lowest BCUT2D eigenvalue weighted by Gasteiger charge is -2.43. The predicted octanol–water partition coefficient (Wildman–Crippen LogP) is 4.74. The number of carbonyl (C=O) groups is 1. The topological polar surface area (TPSA) is 87.9 Å². The molecule has 2 heterocycles. The van der Waals surface area contributed by atoms with Crippen molar-refractivity contribution in [3.05, 3.63) is 68.4 Å². The zero-order valence-electron chi connectivity index (χ0n) is 18.5. The van der Waals surface area contributed by atoms with Crippen LogP contribution in [0.3, 0.4) is 0 Å². The van der Waals surface area contributed by atoms with Gasteiger partial charge >= 0.3 is 0 Å². The zero-order chi connectivity index (χ0) is 22.7. The third kappa shape index (κ3) is 3.39. The molecule has 2 aliphatic rings. The van der Waals surface area contributed by atoms with E-state index in [1.54, 1.807) is 4.68 Å². The smallest absolute Gasteiger partial charge is 0.162 e. The molecule has 1 aromatic heterocycles. The zero-order valence-corrected chi connectivity index (χ0v) is 20.0. The summed E-state index contributed by atoms with van der Waals surface area (Å²) in [5, 5.41) is 14.7. The van der Waals surface area contributed by atoms with Crippen molar-refractivity contribution in [1.29, 1.82) is 5.26 Å². The molecule has 1 aliphatic carbocycles. The van der Waals surface area contributed by atoms with Gasteiger partial charge in [0.1, 0.15) is 5.82 Å². The molecule has 6 nitrogen and oxygen atoms in total. The molecule has 0 saturated heterocycles. The lowest BCUT2D eigenvalue weighted by Crippen LogP contribution is -2.42. The van der Waals surface area contributed by atoms with Gasteiger partial charge in [-0.05, 0) is 43.9 Å². The quantitative estimate of drug-likeness (QED) is 0.671. The minimum atomic E-state index is -0.499. The normalized spacial score (nSPS) is 20.7. The number of Topliss-reactive ketones (excluding diaryl/α,β-unsaturated/α-hetero) is 1. The Balaban J connectivity index is 2.06. The maximum atomic E-state index is 13.6. The number of rotatable bonds is 2. The Hall–Kier alpha value is -2.85. The summed E-state index contributed by atoms with van der Waals surface area (Å²) in [6.07, 6.45) is 1.13. The van der Waals surface area contributed by atoms with Crippen LogP contribution in [-0.4, -0.2) is 15.6 Å². The van der Waals surface area contributed by atoms with Gasteiger partial charge in [-0.1, -0.05) is 35.8 Å². The van der Waals surface area contributed by atoms with Gasteiger partial charge in [0.15, 0.2) is 5.78 Å². The van der Waals surface area contributed by atoms with Crippen molar-refractivity contribution in [2.45, 2.75) is 46.5 Å². The highest BCUT2D eigenvalue weighted by Crippen LogP contribution is 2.51. The molecule has 0 radical (unpaired) electrons. The van der Waals surface area contributed by atoms with Crippen LogP contribution in [0.1, 0.15) is 49.6 Å².